The van der Waals surface area contributed by atoms with Crippen molar-refractivity contribution in [1.82, 2.24) is 15.2 Å². The minimum atomic E-state index is -0.513. The lowest BCUT2D eigenvalue weighted by atomic mass is 9.69. The molecule has 0 spiro atoms. The molecule has 2 heterocycles. The van der Waals surface area contributed by atoms with Gasteiger partial charge in [-0.2, -0.15) is 0 Å². The number of nitrogens with one attached hydrogen (secondary N) is 1. The maximum absolute atomic E-state index is 13.0. The number of piperidine rings is 1. The molecule has 1 fully saturated rings. The van der Waals surface area contributed by atoms with Gasteiger partial charge in [-0.15, -0.1) is 0 Å². The van der Waals surface area contributed by atoms with Crippen LogP contribution in [-0.2, 0) is 16.0 Å². The Hall–Kier alpha value is -2.17. The molecule has 3 rings (SSSR count). The maximum Gasteiger partial charge on any atom is 0.232 e. The monoisotopic (exact) mass is 327 g/mol. The molecule has 1 saturated heterocycles. The Morgan fingerprint density at radius 2 is 2.12 bits per heavy atom. The van der Waals surface area contributed by atoms with Gasteiger partial charge in [0.1, 0.15) is 0 Å². The molecule has 5 heteroatoms. The zero-order valence-corrected chi connectivity index (χ0v) is 14.3. The molecule has 2 amide bonds. The Kier molecular flexibility index (Phi) is 4.97. The maximum atomic E-state index is 13.0. The Bertz CT molecular complexity index is 641. The fourth-order valence-corrected chi connectivity index (χ4v) is 3.91. The number of aromatic nitrogens is 1. The fourth-order valence-electron chi connectivity index (χ4n) is 3.91. The van der Waals surface area contributed by atoms with E-state index in [9.17, 15) is 9.59 Å². The number of likely N-dealkylation sites (tertiary alicyclic amines) is 1. The Morgan fingerprint density at radius 3 is 2.88 bits per heavy atom. The van der Waals surface area contributed by atoms with Crippen LogP contribution in [0.2, 0.25) is 0 Å². The van der Waals surface area contributed by atoms with E-state index < -0.39 is 5.41 Å². The zero-order valence-electron chi connectivity index (χ0n) is 14.3. The lowest BCUT2D eigenvalue weighted by Crippen LogP contribution is -2.53. The summed E-state index contributed by atoms with van der Waals surface area (Å²) in [5.74, 6) is 0.222. The predicted octanol–water partition coefficient (Wildman–Crippen LogP) is 2.44. The van der Waals surface area contributed by atoms with E-state index in [1.54, 1.807) is 12.4 Å². The van der Waals surface area contributed by atoms with Gasteiger partial charge in [0.2, 0.25) is 11.8 Å². The van der Waals surface area contributed by atoms with Crippen molar-refractivity contribution in [1.29, 1.82) is 0 Å². The van der Waals surface area contributed by atoms with Crippen LogP contribution in [0.25, 0.3) is 0 Å². The van der Waals surface area contributed by atoms with E-state index >= 15 is 0 Å². The van der Waals surface area contributed by atoms with Crippen molar-refractivity contribution in [2.75, 3.05) is 13.1 Å². The molecule has 0 radical (unpaired) electrons. The highest BCUT2D eigenvalue weighted by Crippen LogP contribution is 2.46. The van der Waals surface area contributed by atoms with Gasteiger partial charge < -0.3 is 10.2 Å². The van der Waals surface area contributed by atoms with Crippen molar-refractivity contribution in [2.45, 2.75) is 45.4 Å². The van der Waals surface area contributed by atoms with Gasteiger partial charge in [-0.25, -0.2) is 0 Å². The second-order valence-corrected chi connectivity index (χ2v) is 6.56. The number of amides is 2. The van der Waals surface area contributed by atoms with Crippen LogP contribution in [0.3, 0.4) is 0 Å². The van der Waals surface area contributed by atoms with Crippen molar-refractivity contribution in [3.63, 3.8) is 0 Å². The number of pyridine rings is 1. The number of carbonyl (C=O) groups excluding carboxylic acids is 2. The summed E-state index contributed by atoms with van der Waals surface area (Å²) in [6.07, 6.45) is 10.3. The number of hydrogen-bond acceptors (Lipinski definition) is 3. The predicted molar refractivity (Wildman–Crippen MR) is 91.9 cm³/mol. The average Bonchev–Trinajstić information content (AvgIpc) is 2.62. The van der Waals surface area contributed by atoms with Crippen molar-refractivity contribution in [3.8, 4) is 0 Å². The topological polar surface area (TPSA) is 62.3 Å². The van der Waals surface area contributed by atoms with Crippen LogP contribution in [0.15, 0.2) is 36.3 Å². The van der Waals surface area contributed by atoms with E-state index in [1.165, 1.54) is 0 Å². The van der Waals surface area contributed by atoms with Crippen LogP contribution in [0.5, 0.6) is 0 Å². The molecule has 1 N–H and O–H groups in total. The molecule has 1 atom stereocenters. The first-order valence-electron chi connectivity index (χ1n) is 8.85. The van der Waals surface area contributed by atoms with Gasteiger partial charge in [0, 0.05) is 37.6 Å². The van der Waals surface area contributed by atoms with Crippen LogP contribution in [0.1, 0.15) is 44.6 Å². The molecule has 1 aromatic rings. The quantitative estimate of drug-likeness (QED) is 0.903. The van der Waals surface area contributed by atoms with Gasteiger partial charge in [0.25, 0.3) is 0 Å². The fraction of sp³-hybridized carbons (Fsp3) is 0.526. The summed E-state index contributed by atoms with van der Waals surface area (Å²) in [4.78, 5) is 31.0. The first-order chi connectivity index (χ1) is 11.7. The normalized spacial score (nSPS) is 23.5. The standard InChI is InChI=1S/C19H25N3O2/c1-2-22-16-5-3-4-10-19(16,11-6-17(22)23)18(24)21-14-9-15-7-12-20-13-8-15/h5,7-8,12-13H,2-4,6,9-11,14H2,1H3,(H,21,24). The van der Waals surface area contributed by atoms with E-state index in [0.717, 1.165) is 36.9 Å². The molecule has 1 aliphatic heterocycles. The van der Waals surface area contributed by atoms with Gasteiger partial charge in [0.05, 0.1) is 5.41 Å². The summed E-state index contributed by atoms with van der Waals surface area (Å²) >= 11 is 0. The van der Waals surface area contributed by atoms with Crippen molar-refractivity contribution in [2.24, 2.45) is 5.41 Å². The molecule has 1 aromatic heterocycles. The van der Waals surface area contributed by atoms with Crippen molar-refractivity contribution >= 4 is 11.8 Å². The van der Waals surface area contributed by atoms with E-state index in [2.05, 4.69) is 16.4 Å². The van der Waals surface area contributed by atoms with Crippen LogP contribution in [0, 0.1) is 5.41 Å². The molecule has 128 valence electrons. The summed E-state index contributed by atoms with van der Waals surface area (Å²) in [5, 5.41) is 3.11. The first-order valence-corrected chi connectivity index (χ1v) is 8.85. The van der Waals surface area contributed by atoms with Gasteiger partial charge >= 0.3 is 0 Å². The molecular weight excluding hydrogens is 302 g/mol. The van der Waals surface area contributed by atoms with Crippen molar-refractivity contribution in [3.05, 3.63) is 41.9 Å². The van der Waals surface area contributed by atoms with Crippen LogP contribution in [0.4, 0.5) is 0 Å². The minimum absolute atomic E-state index is 0.0773. The Morgan fingerprint density at radius 1 is 1.33 bits per heavy atom. The molecule has 0 bridgehead atoms. The molecular formula is C19H25N3O2. The average molecular weight is 327 g/mol. The summed E-state index contributed by atoms with van der Waals surface area (Å²) in [6.45, 7) is 3.22. The largest absolute Gasteiger partial charge is 0.355 e. The Balaban J connectivity index is 1.70. The highest BCUT2D eigenvalue weighted by Gasteiger charge is 2.48. The van der Waals surface area contributed by atoms with Gasteiger partial charge in [-0.1, -0.05) is 6.08 Å². The van der Waals surface area contributed by atoms with E-state index in [-0.39, 0.29) is 11.8 Å². The second-order valence-electron chi connectivity index (χ2n) is 6.56. The van der Waals surface area contributed by atoms with Gasteiger partial charge in [-0.3, -0.25) is 14.6 Å². The van der Waals surface area contributed by atoms with E-state index in [4.69, 9.17) is 0 Å². The lowest BCUT2D eigenvalue weighted by Gasteiger charge is -2.45. The number of allylic oxidation sites excluding steroid dienone is 1. The number of nitrogens with zero attached hydrogens (tertiary/aromatic N) is 2. The summed E-state index contributed by atoms with van der Waals surface area (Å²) in [5.41, 5.74) is 1.59. The molecule has 1 unspecified atom stereocenters. The summed E-state index contributed by atoms with van der Waals surface area (Å²) in [6, 6.07) is 3.93. The lowest BCUT2D eigenvalue weighted by molar-refractivity contribution is -0.140. The number of fused-ring (bicyclic) bond motifs is 1. The highest BCUT2D eigenvalue weighted by molar-refractivity contribution is 5.91. The molecule has 2 aliphatic rings. The summed E-state index contributed by atoms with van der Waals surface area (Å²) in [7, 11) is 0. The molecule has 0 saturated carbocycles. The van der Waals surface area contributed by atoms with Crippen molar-refractivity contribution < 1.29 is 9.59 Å². The third kappa shape index (κ3) is 3.07. The zero-order chi connectivity index (χ0) is 17.0. The van der Waals surface area contributed by atoms with Crippen LogP contribution < -0.4 is 5.32 Å². The molecule has 1 aliphatic carbocycles. The number of rotatable bonds is 5. The SMILES string of the molecule is CCN1C(=O)CCC2(C(=O)NCCc3ccncc3)CCCC=C12. The minimum Gasteiger partial charge on any atom is -0.355 e. The van der Waals surface area contributed by atoms with E-state index in [1.807, 2.05) is 24.0 Å². The highest BCUT2D eigenvalue weighted by atomic mass is 16.2. The van der Waals surface area contributed by atoms with Gasteiger partial charge in [0.15, 0.2) is 0 Å². The van der Waals surface area contributed by atoms with Crippen LogP contribution >= 0.6 is 0 Å². The Labute approximate surface area is 143 Å². The van der Waals surface area contributed by atoms with E-state index in [0.29, 0.717) is 25.9 Å². The first kappa shape index (κ1) is 16.7. The third-order valence-electron chi connectivity index (χ3n) is 5.19. The smallest absolute Gasteiger partial charge is 0.232 e. The molecule has 0 aromatic carbocycles. The number of carbonyl (C=O) groups is 2. The molecule has 5 nitrogen and oxygen atoms in total. The van der Waals surface area contributed by atoms with Crippen LogP contribution in [-0.4, -0.2) is 34.8 Å². The number of hydrogen-bond donors (Lipinski definition) is 1. The molecule has 24 heavy (non-hydrogen) atoms. The summed E-state index contributed by atoms with van der Waals surface area (Å²) < 4.78 is 0. The van der Waals surface area contributed by atoms with Gasteiger partial charge in [-0.05, 0) is 56.7 Å². The third-order valence-corrected chi connectivity index (χ3v) is 5.19. The second kappa shape index (κ2) is 7.16.